The molecule has 0 fully saturated rings. The molecule has 12 heavy (non-hydrogen) atoms. The highest BCUT2D eigenvalue weighted by Gasteiger charge is 1.90. The predicted molar refractivity (Wildman–Crippen MR) is 54.9 cm³/mol. The molecule has 0 N–H and O–H groups in total. The Labute approximate surface area is 78.7 Å². The molecule has 0 aliphatic carbocycles. The van der Waals surface area contributed by atoms with Gasteiger partial charge in [0.05, 0.1) is 0 Å². The molecule has 0 saturated carbocycles. The molecule has 0 radical (unpaired) electrons. The van der Waals surface area contributed by atoms with Gasteiger partial charge >= 0.3 is 10.0 Å². The maximum absolute atomic E-state index is 5.31. The summed E-state index contributed by atoms with van der Waals surface area (Å²) >= 11 is 0. The van der Waals surface area contributed by atoms with Crippen molar-refractivity contribution in [3.05, 3.63) is 0 Å². The first-order chi connectivity index (χ1) is 5.91. The third kappa shape index (κ3) is 10.1. The average Bonchev–Trinajstić information content (AvgIpc) is 2.10. The largest absolute Gasteiger partial charge is 0.402 e. The highest BCUT2D eigenvalue weighted by Crippen LogP contribution is 2.04. The molecular weight excluding hydrogens is 168 g/mol. The van der Waals surface area contributed by atoms with Gasteiger partial charge in [0.25, 0.3) is 0 Å². The average molecular weight is 190 g/mol. The lowest BCUT2D eigenvalue weighted by atomic mass is 10.1. The molecule has 0 heterocycles. The van der Waals surface area contributed by atoms with Crippen LogP contribution in [0.3, 0.4) is 0 Å². The normalized spacial score (nSPS) is 11.5. The Hall–Kier alpha value is 0.137. The molecule has 0 aromatic rings. The van der Waals surface area contributed by atoms with Crippen LogP contribution in [-0.2, 0) is 8.85 Å². The minimum absolute atomic E-state index is 0.622. The monoisotopic (exact) mass is 190 g/mol. The van der Waals surface area contributed by atoms with Gasteiger partial charge in [-0.25, -0.2) is 0 Å². The first kappa shape index (κ1) is 12.1. The summed E-state index contributed by atoms with van der Waals surface area (Å²) in [6.07, 6.45) is 7.99. The Kier molecular flexibility index (Phi) is 11.3. The minimum Gasteiger partial charge on any atom is -0.402 e. The zero-order valence-electron chi connectivity index (χ0n) is 8.47. The standard InChI is InChI=1S/C9H22O2Si/c1-3-4-5-6-7-8-9-11-12-10-2/h3-9,12H2,1-2H3. The van der Waals surface area contributed by atoms with Crippen LogP contribution in [0.2, 0.25) is 0 Å². The van der Waals surface area contributed by atoms with E-state index in [0.717, 1.165) is 6.61 Å². The number of rotatable bonds is 9. The van der Waals surface area contributed by atoms with E-state index < -0.39 is 10.0 Å². The fourth-order valence-electron chi connectivity index (χ4n) is 1.13. The van der Waals surface area contributed by atoms with Crippen molar-refractivity contribution in [2.24, 2.45) is 0 Å². The Bertz CT molecular complexity index is 68.9. The van der Waals surface area contributed by atoms with E-state index in [4.69, 9.17) is 8.85 Å². The SMILES string of the molecule is CCCCCCCCO[SiH2]OC. The minimum atomic E-state index is -0.622. The molecule has 0 atom stereocenters. The van der Waals surface area contributed by atoms with Gasteiger partial charge in [-0.15, -0.1) is 0 Å². The molecule has 0 spiro atoms. The Morgan fingerprint density at radius 2 is 1.67 bits per heavy atom. The third-order valence-electron chi connectivity index (χ3n) is 1.84. The van der Waals surface area contributed by atoms with Crippen LogP contribution >= 0.6 is 0 Å². The summed E-state index contributed by atoms with van der Waals surface area (Å²) in [5.41, 5.74) is 0. The van der Waals surface area contributed by atoms with Crippen molar-refractivity contribution in [2.45, 2.75) is 45.4 Å². The van der Waals surface area contributed by atoms with Gasteiger partial charge in [0.2, 0.25) is 0 Å². The lowest BCUT2D eigenvalue weighted by Crippen LogP contribution is -2.02. The van der Waals surface area contributed by atoms with Crippen LogP contribution in [0.25, 0.3) is 0 Å². The second kappa shape index (κ2) is 11.1. The number of unbranched alkanes of at least 4 members (excludes halogenated alkanes) is 5. The molecule has 0 amide bonds. The zero-order chi connectivity index (χ0) is 9.07. The lowest BCUT2D eigenvalue weighted by Gasteiger charge is -2.01. The van der Waals surface area contributed by atoms with Crippen molar-refractivity contribution in [2.75, 3.05) is 13.7 Å². The molecule has 0 saturated heterocycles. The van der Waals surface area contributed by atoms with Crippen molar-refractivity contribution in [3.63, 3.8) is 0 Å². The summed E-state index contributed by atoms with van der Waals surface area (Å²) in [7, 11) is 1.09. The van der Waals surface area contributed by atoms with Gasteiger partial charge in [0, 0.05) is 13.7 Å². The third-order valence-corrected chi connectivity index (χ3v) is 2.53. The summed E-state index contributed by atoms with van der Waals surface area (Å²) in [6.45, 7) is 3.15. The van der Waals surface area contributed by atoms with Crippen molar-refractivity contribution in [3.8, 4) is 0 Å². The summed E-state index contributed by atoms with van der Waals surface area (Å²) in [5, 5.41) is 0. The molecular formula is C9H22O2Si. The van der Waals surface area contributed by atoms with Gasteiger partial charge in [-0.2, -0.15) is 0 Å². The van der Waals surface area contributed by atoms with Crippen LogP contribution in [0.5, 0.6) is 0 Å². The highest BCUT2D eigenvalue weighted by molar-refractivity contribution is 6.17. The van der Waals surface area contributed by atoms with Gasteiger partial charge in [-0.3, -0.25) is 0 Å². The van der Waals surface area contributed by atoms with Gasteiger partial charge in [0.15, 0.2) is 0 Å². The molecule has 0 aromatic heterocycles. The van der Waals surface area contributed by atoms with E-state index in [9.17, 15) is 0 Å². The van der Waals surface area contributed by atoms with E-state index in [2.05, 4.69) is 6.92 Å². The van der Waals surface area contributed by atoms with Crippen molar-refractivity contribution < 1.29 is 8.85 Å². The Balaban J connectivity index is 2.73. The number of hydrogen-bond acceptors (Lipinski definition) is 2. The predicted octanol–water partition coefficient (Wildman–Crippen LogP) is 2.01. The summed E-state index contributed by atoms with van der Waals surface area (Å²) in [6, 6.07) is 0. The fraction of sp³-hybridized carbons (Fsp3) is 1.00. The number of hydrogen-bond donors (Lipinski definition) is 0. The molecule has 0 aromatic carbocycles. The van der Waals surface area contributed by atoms with Crippen LogP contribution in [0.1, 0.15) is 45.4 Å². The topological polar surface area (TPSA) is 18.5 Å². The van der Waals surface area contributed by atoms with Crippen LogP contribution in [0, 0.1) is 0 Å². The Morgan fingerprint density at radius 3 is 2.33 bits per heavy atom. The molecule has 2 nitrogen and oxygen atoms in total. The van der Waals surface area contributed by atoms with E-state index in [1.807, 2.05) is 0 Å². The van der Waals surface area contributed by atoms with Gasteiger partial charge in [-0.1, -0.05) is 39.0 Å². The van der Waals surface area contributed by atoms with E-state index >= 15 is 0 Å². The van der Waals surface area contributed by atoms with Crippen LogP contribution < -0.4 is 0 Å². The van der Waals surface area contributed by atoms with E-state index in [1.165, 1.54) is 38.5 Å². The van der Waals surface area contributed by atoms with Crippen molar-refractivity contribution in [1.29, 1.82) is 0 Å². The van der Waals surface area contributed by atoms with Crippen LogP contribution in [0.15, 0.2) is 0 Å². The zero-order valence-corrected chi connectivity index (χ0v) is 9.89. The smallest absolute Gasteiger partial charge is 0.304 e. The van der Waals surface area contributed by atoms with Crippen molar-refractivity contribution in [1.82, 2.24) is 0 Å². The fourth-order valence-corrected chi connectivity index (χ4v) is 1.62. The molecule has 74 valence electrons. The molecule has 0 bridgehead atoms. The lowest BCUT2D eigenvalue weighted by molar-refractivity contribution is 0.249. The highest BCUT2D eigenvalue weighted by atomic mass is 28.3. The molecule has 3 heteroatoms. The summed E-state index contributed by atoms with van der Waals surface area (Å²) in [5.74, 6) is 0. The second-order valence-electron chi connectivity index (χ2n) is 3.08. The second-order valence-corrected chi connectivity index (χ2v) is 4.30. The van der Waals surface area contributed by atoms with E-state index in [1.54, 1.807) is 7.11 Å². The molecule has 0 rings (SSSR count). The maximum atomic E-state index is 5.31. The quantitative estimate of drug-likeness (QED) is 0.409. The Morgan fingerprint density at radius 1 is 1.00 bits per heavy atom. The first-order valence-corrected chi connectivity index (χ1v) is 6.14. The van der Waals surface area contributed by atoms with Gasteiger partial charge in [0.1, 0.15) is 0 Å². The maximum Gasteiger partial charge on any atom is 0.304 e. The van der Waals surface area contributed by atoms with Gasteiger partial charge in [-0.05, 0) is 6.42 Å². The summed E-state index contributed by atoms with van der Waals surface area (Å²) < 4.78 is 10.2. The van der Waals surface area contributed by atoms with Gasteiger partial charge < -0.3 is 8.85 Å². The molecule has 0 aliphatic rings. The van der Waals surface area contributed by atoms with Crippen LogP contribution in [-0.4, -0.2) is 23.7 Å². The van der Waals surface area contributed by atoms with Crippen molar-refractivity contribution >= 4 is 10.0 Å². The van der Waals surface area contributed by atoms with Crippen LogP contribution in [0.4, 0.5) is 0 Å². The van der Waals surface area contributed by atoms with E-state index in [-0.39, 0.29) is 0 Å². The molecule has 0 unspecified atom stereocenters. The molecule has 0 aliphatic heterocycles. The first-order valence-electron chi connectivity index (χ1n) is 4.98. The van der Waals surface area contributed by atoms with E-state index in [0.29, 0.717) is 0 Å². The summed E-state index contributed by atoms with van der Waals surface area (Å²) in [4.78, 5) is 0.